The Labute approximate surface area is 187 Å². The van der Waals surface area contributed by atoms with Crippen LogP contribution in [-0.2, 0) is 0 Å². The van der Waals surface area contributed by atoms with Crippen molar-refractivity contribution in [3.63, 3.8) is 0 Å². The smallest absolute Gasteiger partial charge is 0.418 e. The molecule has 11 heteroatoms. The number of hydrogen-bond donors (Lipinski definition) is 1. The van der Waals surface area contributed by atoms with Crippen LogP contribution < -0.4 is 4.74 Å². The number of aliphatic hydroxyl groups excluding tert-OH is 1. The fourth-order valence-corrected chi connectivity index (χ4v) is 3.82. The molecule has 0 radical (unpaired) electrons. The number of rotatable bonds is 5. The van der Waals surface area contributed by atoms with E-state index >= 15 is 0 Å². The molecule has 1 saturated heterocycles. The first-order valence-electron chi connectivity index (χ1n) is 10.4. The fraction of sp³-hybridized carbons (Fsp3) is 0.364. The minimum atomic E-state index is -4.85. The van der Waals surface area contributed by atoms with Crippen LogP contribution >= 0.6 is 0 Å². The van der Waals surface area contributed by atoms with Crippen molar-refractivity contribution in [3.05, 3.63) is 66.1 Å². The number of piperidine rings is 1. The Morgan fingerprint density at radius 1 is 1.12 bits per heavy atom. The molecular formula is C22H22F3N5O3. The highest BCUT2D eigenvalue weighted by Crippen LogP contribution is 2.37. The number of likely N-dealkylation sites (tertiary alicyclic amines) is 1. The molecule has 1 N–H and O–H groups in total. The van der Waals surface area contributed by atoms with Crippen LogP contribution in [0.4, 0.5) is 13.2 Å². The normalized spacial score (nSPS) is 19.8. The monoisotopic (exact) mass is 461 g/mol. The molecule has 3 aromatic rings. The van der Waals surface area contributed by atoms with Crippen LogP contribution in [0.5, 0.6) is 5.88 Å². The van der Waals surface area contributed by atoms with E-state index in [1.54, 1.807) is 29.2 Å². The maximum atomic E-state index is 13.4. The Morgan fingerprint density at radius 3 is 2.58 bits per heavy atom. The second kappa shape index (κ2) is 9.18. The minimum absolute atomic E-state index is 0.111. The van der Waals surface area contributed by atoms with E-state index in [0.717, 1.165) is 6.07 Å². The Bertz CT molecular complexity index is 1110. The van der Waals surface area contributed by atoms with Gasteiger partial charge in [-0.3, -0.25) is 4.79 Å². The molecule has 1 aromatic carbocycles. The van der Waals surface area contributed by atoms with Gasteiger partial charge in [-0.1, -0.05) is 12.1 Å². The Kier molecular flexibility index (Phi) is 6.32. The summed E-state index contributed by atoms with van der Waals surface area (Å²) in [6.45, 7) is 2.06. The topological polar surface area (TPSA) is 93.4 Å². The van der Waals surface area contributed by atoms with Gasteiger partial charge in [-0.25, -0.2) is 4.98 Å². The number of halogens is 3. The third-order valence-corrected chi connectivity index (χ3v) is 5.55. The fourth-order valence-electron chi connectivity index (χ4n) is 3.82. The van der Waals surface area contributed by atoms with E-state index in [9.17, 15) is 23.1 Å². The lowest BCUT2D eigenvalue weighted by atomic mass is 9.99. The molecule has 0 aliphatic carbocycles. The molecule has 174 valence electrons. The van der Waals surface area contributed by atoms with E-state index in [0.29, 0.717) is 24.1 Å². The molecule has 3 atom stereocenters. The molecule has 1 amide bonds. The first kappa shape index (κ1) is 22.7. The van der Waals surface area contributed by atoms with Crippen molar-refractivity contribution in [2.75, 3.05) is 6.54 Å². The van der Waals surface area contributed by atoms with Gasteiger partial charge in [0, 0.05) is 12.2 Å². The number of benzene rings is 1. The molecule has 1 aliphatic rings. The molecule has 8 nitrogen and oxygen atoms in total. The van der Waals surface area contributed by atoms with Crippen LogP contribution in [0.2, 0.25) is 0 Å². The van der Waals surface area contributed by atoms with E-state index < -0.39 is 23.9 Å². The lowest BCUT2D eigenvalue weighted by Gasteiger charge is -2.38. The molecule has 2 aromatic heterocycles. The molecule has 1 aliphatic heterocycles. The summed E-state index contributed by atoms with van der Waals surface area (Å²) < 4.78 is 44.9. The lowest BCUT2D eigenvalue weighted by molar-refractivity contribution is -0.207. The SMILES string of the molecule is C[C@@H]1CC[C@@H](Oc2ncccc2[C@@H](O)C(F)(F)F)CN1C(=O)c1ccccc1-n1nccn1. The predicted octanol–water partition coefficient (Wildman–Crippen LogP) is 3.33. The number of carbonyl (C=O) groups is 1. The average molecular weight is 461 g/mol. The van der Waals surface area contributed by atoms with Crippen LogP contribution in [-0.4, -0.2) is 60.8 Å². The number of nitrogens with zero attached hydrogens (tertiary/aromatic N) is 5. The first-order chi connectivity index (χ1) is 15.8. The highest BCUT2D eigenvalue weighted by Gasteiger charge is 2.42. The third-order valence-electron chi connectivity index (χ3n) is 5.55. The number of ether oxygens (including phenoxy) is 1. The van der Waals surface area contributed by atoms with Gasteiger partial charge in [-0.05, 0) is 44.0 Å². The number of hydrogen-bond acceptors (Lipinski definition) is 6. The molecule has 1 fully saturated rings. The van der Waals surface area contributed by atoms with Gasteiger partial charge in [0.1, 0.15) is 6.10 Å². The van der Waals surface area contributed by atoms with Gasteiger partial charge in [-0.15, -0.1) is 0 Å². The van der Waals surface area contributed by atoms with Crippen molar-refractivity contribution >= 4 is 5.91 Å². The van der Waals surface area contributed by atoms with Crippen LogP contribution in [0.15, 0.2) is 55.0 Å². The third kappa shape index (κ3) is 4.82. The van der Waals surface area contributed by atoms with Gasteiger partial charge in [0.15, 0.2) is 6.10 Å². The minimum Gasteiger partial charge on any atom is -0.472 e. The lowest BCUT2D eigenvalue weighted by Crippen LogP contribution is -2.49. The maximum absolute atomic E-state index is 13.4. The molecule has 0 spiro atoms. The summed E-state index contributed by atoms with van der Waals surface area (Å²) in [5, 5.41) is 17.9. The van der Waals surface area contributed by atoms with Crippen LogP contribution in [0, 0.1) is 0 Å². The zero-order valence-corrected chi connectivity index (χ0v) is 17.7. The number of aromatic nitrogens is 4. The van der Waals surface area contributed by atoms with Crippen LogP contribution in [0.3, 0.4) is 0 Å². The number of carbonyl (C=O) groups excluding carboxylic acids is 1. The van der Waals surface area contributed by atoms with Gasteiger partial charge in [0.05, 0.1) is 35.8 Å². The summed E-state index contributed by atoms with van der Waals surface area (Å²) in [4.78, 5) is 20.3. The summed E-state index contributed by atoms with van der Waals surface area (Å²) in [5.74, 6) is -0.560. The highest BCUT2D eigenvalue weighted by molar-refractivity contribution is 5.98. The quantitative estimate of drug-likeness (QED) is 0.627. The molecule has 4 rings (SSSR count). The van der Waals surface area contributed by atoms with Crippen molar-refractivity contribution in [2.24, 2.45) is 0 Å². The summed E-state index contributed by atoms with van der Waals surface area (Å²) in [5.41, 5.74) is 0.451. The molecule has 0 unspecified atom stereocenters. The standard InChI is InChI=1S/C22H22F3N5O3/c1-14-8-9-15(33-20-17(6-4-10-26-20)19(31)22(23,24)25)13-29(14)21(32)16-5-2-3-7-18(16)30-27-11-12-28-30/h2-7,10-12,14-15,19,31H,8-9,13H2,1H3/t14-,15-,19-/m1/s1. The van der Waals surface area contributed by atoms with Crippen LogP contribution in [0.25, 0.3) is 5.69 Å². The molecular weight excluding hydrogens is 439 g/mol. The number of pyridine rings is 1. The van der Waals surface area contributed by atoms with Gasteiger partial charge in [0.2, 0.25) is 5.88 Å². The van der Waals surface area contributed by atoms with Crippen molar-refractivity contribution in [1.82, 2.24) is 24.9 Å². The molecule has 0 bridgehead atoms. The zero-order valence-electron chi connectivity index (χ0n) is 17.7. The zero-order chi connectivity index (χ0) is 23.6. The second-order valence-corrected chi connectivity index (χ2v) is 7.80. The number of amides is 1. The van der Waals surface area contributed by atoms with Gasteiger partial charge in [-0.2, -0.15) is 28.2 Å². The first-order valence-corrected chi connectivity index (χ1v) is 10.4. The second-order valence-electron chi connectivity index (χ2n) is 7.80. The number of aliphatic hydroxyl groups is 1. The Morgan fingerprint density at radius 2 is 1.85 bits per heavy atom. The van der Waals surface area contributed by atoms with E-state index in [1.807, 2.05) is 6.92 Å². The Hall–Kier alpha value is -3.47. The predicted molar refractivity (Wildman–Crippen MR) is 111 cm³/mol. The summed E-state index contributed by atoms with van der Waals surface area (Å²) in [6, 6.07) is 9.23. The molecule has 3 heterocycles. The van der Waals surface area contributed by atoms with Gasteiger partial charge < -0.3 is 14.7 Å². The van der Waals surface area contributed by atoms with Crippen molar-refractivity contribution in [3.8, 4) is 11.6 Å². The summed E-state index contributed by atoms with van der Waals surface area (Å²) >= 11 is 0. The van der Waals surface area contributed by atoms with Gasteiger partial charge >= 0.3 is 6.18 Å². The highest BCUT2D eigenvalue weighted by atomic mass is 19.4. The van der Waals surface area contributed by atoms with E-state index in [-0.39, 0.29) is 24.4 Å². The summed E-state index contributed by atoms with van der Waals surface area (Å²) in [6.07, 6.45) is -2.74. The number of para-hydroxylation sites is 1. The largest absolute Gasteiger partial charge is 0.472 e. The Balaban J connectivity index is 1.56. The van der Waals surface area contributed by atoms with Crippen molar-refractivity contribution in [2.45, 2.75) is 44.2 Å². The maximum Gasteiger partial charge on any atom is 0.418 e. The van der Waals surface area contributed by atoms with Crippen molar-refractivity contribution in [1.29, 1.82) is 0 Å². The van der Waals surface area contributed by atoms with Crippen LogP contribution in [0.1, 0.15) is 41.8 Å². The van der Waals surface area contributed by atoms with Gasteiger partial charge in [0.25, 0.3) is 5.91 Å². The van der Waals surface area contributed by atoms with E-state index in [4.69, 9.17) is 4.74 Å². The van der Waals surface area contributed by atoms with E-state index in [2.05, 4.69) is 15.2 Å². The molecule has 33 heavy (non-hydrogen) atoms. The summed E-state index contributed by atoms with van der Waals surface area (Å²) in [7, 11) is 0. The van der Waals surface area contributed by atoms with Crippen molar-refractivity contribution < 1.29 is 27.8 Å². The average Bonchev–Trinajstić information content (AvgIpc) is 3.34. The van der Waals surface area contributed by atoms with E-state index in [1.165, 1.54) is 29.5 Å². The molecule has 0 saturated carbocycles. The number of alkyl halides is 3.